The molecule has 2 heterocycles. The van der Waals surface area contributed by atoms with E-state index in [1.54, 1.807) is 4.68 Å². The largest absolute Gasteiger partial charge is 0.458 e. The summed E-state index contributed by atoms with van der Waals surface area (Å²) >= 11 is 0. The van der Waals surface area contributed by atoms with Crippen LogP contribution in [0.1, 0.15) is 19.6 Å². The van der Waals surface area contributed by atoms with Crippen LogP contribution in [-0.4, -0.2) is 15.8 Å². The molecule has 0 saturated heterocycles. The summed E-state index contributed by atoms with van der Waals surface area (Å²) in [5, 5.41) is 7.60. The van der Waals surface area contributed by atoms with Gasteiger partial charge in [0, 0.05) is 19.3 Å². The highest BCUT2D eigenvalue weighted by Crippen LogP contribution is 2.19. The highest BCUT2D eigenvalue weighted by Gasteiger charge is 2.07. The van der Waals surface area contributed by atoms with Gasteiger partial charge in [-0.05, 0) is 18.2 Å². The van der Waals surface area contributed by atoms with E-state index in [2.05, 4.69) is 24.3 Å². The minimum atomic E-state index is 0.461. The molecule has 0 radical (unpaired) electrons. The Labute approximate surface area is 95.3 Å². The third-order valence-corrected chi connectivity index (χ3v) is 2.31. The van der Waals surface area contributed by atoms with Crippen molar-refractivity contribution in [3.63, 3.8) is 0 Å². The van der Waals surface area contributed by atoms with E-state index in [0.717, 1.165) is 23.8 Å². The molecule has 0 aliphatic rings. The van der Waals surface area contributed by atoms with Crippen LogP contribution in [0.15, 0.2) is 28.8 Å². The summed E-state index contributed by atoms with van der Waals surface area (Å²) in [5.74, 6) is 1.76. The number of hydrogen-bond acceptors (Lipinski definition) is 3. The van der Waals surface area contributed by atoms with Gasteiger partial charge in [-0.1, -0.05) is 13.8 Å². The zero-order chi connectivity index (χ0) is 11.5. The van der Waals surface area contributed by atoms with Crippen LogP contribution >= 0.6 is 0 Å². The Hall–Kier alpha value is -1.55. The van der Waals surface area contributed by atoms with Gasteiger partial charge >= 0.3 is 0 Å². The molecule has 2 rings (SSSR count). The lowest BCUT2D eigenvalue weighted by molar-refractivity contribution is 0.472. The van der Waals surface area contributed by atoms with Gasteiger partial charge < -0.3 is 9.73 Å². The Bertz CT molecular complexity index is 456. The number of hydrogen-bond donors (Lipinski definition) is 1. The SMILES string of the molecule is CC(C)NCc1ccc(-c2ccn(C)n2)o1. The van der Waals surface area contributed by atoms with E-state index < -0.39 is 0 Å². The maximum absolute atomic E-state index is 5.70. The Morgan fingerprint density at radius 2 is 2.19 bits per heavy atom. The number of rotatable bonds is 4. The smallest absolute Gasteiger partial charge is 0.154 e. The second-order valence-electron chi connectivity index (χ2n) is 4.18. The van der Waals surface area contributed by atoms with Crippen LogP contribution in [0.25, 0.3) is 11.5 Å². The minimum Gasteiger partial charge on any atom is -0.458 e. The Morgan fingerprint density at radius 1 is 1.38 bits per heavy atom. The summed E-state index contributed by atoms with van der Waals surface area (Å²) in [6.45, 7) is 4.98. The van der Waals surface area contributed by atoms with Crippen molar-refractivity contribution < 1.29 is 4.42 Å². The highest BCUT2D eigenvalue weighted by atomic mass is 16.3. The quantitative estimate of drug-likeness (QED) is 0.857. The van der Waals surface area contributed by atoms with Crippen LogP contribution in [0, 0.1) is 0 Å². The first-order chi connectivity index (χ1) is 7.65. The number of furan rings is 1. The topological polar surface area (TPSA) is 43.0 Å². The van der Waals surface area contributed by atoms with Crippen LogP contribution in [0.2, 0.25) is 0 Å². The zero-order valence-electron chi connectivity index (χ0n) is 9.90. The molecule has 4 heteroatoms. The lowest BCUT2D eigenvalue weighted by Crippen LogP contribution is -2.21. The molecule has 0 aliphatic heterocycles. The third-order valence-electron chi connectivity index (χ3n) is 2.31. The van der Waals surface area contributed by atoms with Crippen molar-refractivity contribution in [3.8, 4) is 11.5 Å². The summed E-state index contributed by atoms with van der Waals surface area (Å²) in [6, 6.07) is 6.35. The van der Waals surface area contributed by atoms with Gasteiger partial charge in [-0.3, -0.25) is 4.68 Å². The van der Waals surface area contributed by atoms with E-state index in [1.807, 2.05) is 31.4 Å². The molecule has 2 aromatic heterocycles. The molecule has 0 fully saturated rings. The molecule has 2 aromatic rings. The molecule has 0 atom stereocenters. The van der Waals surface area contributed by atoms with Crippen molar-refractivity contribution >= 4 is 0 Å². The van der Waals surface area contributed by atoms with Crippen LogP contribution in [0.3, 0.4) is 0 Å². The van der Waals surface area contributed by atoms with Crippen LogP contribution in [-0.2, 0) is 13.6 Å². The van der Waals surface area contributed by atoms with Crippen molar-refractivity contribution in [2.75, 3.05) is 0 Å². The molecule has 0 aliphatic carbocycles. The van der Waals surface area contributed by atoms with Gasteiger partial charge in [0.05, 0.1) is 6.54 Å². The second-order valence-corrected chi connectivity index (χ2v) is 4.18. The summed E-state index contributed by atoms with van der Waals surface area (Å²) in [6.07, 6.45) is 1.91. The molecule has 0 saturated carbocycles. The van der Waals surface area contributed by atoms with Crippen molar-refractivity contribution in [2.45, 2.75) is 26.4 Å². The molecule has 16 heavy (non-hydrogen) atoms. The Morgan fingerprint density at radius 3 is 2.81 bits per heavy atom. The van der Waals surface area contributed by atoms with E-state index in [4.69, 9.17) is 4.42 Å². The lowest BCUT2D eigenvalue weighted by Gasteiger charge is -2.04. The average molecular weight is 219 g/mol. The number of aromatic nitrogens is 2. The maximum Gasteiger partial charge on any atom is 0.154 e. The predicted molar refractivity (Wildman–Crippen MR) is 62.9 cm³/mol. The van der Waals surface area contributed by atoms with E-state index in [0.29, 0.717) is 6.04 Å². The number of nitrogens with one attached hydrogen (secondary N) is 1. The van der Waals surface area contributed by atoms with Crippen LogP contribution < -0.4 is 5.32 Å². The molecule has 0 aromatic carbocycles. The minimum absolute atomic E-state index is 0.461. The van der Waals surface area contributed by atoms with Crippen molar-refractivity contribution in [3.05, 3.63) is 30.2 Å². The molecule has 0 spiro atoms. The van der Waals surface area contributed by atoms with Gasteiger partial charge in [-0.25, -0.2) is 0 Å². The van der Waals surface area contributed by atoms with Gasteiger partial charge in [-0.15, -0.1) is 0 Å². The fraction of sp³-hybridized carbons (Fsp3) is 0.417. The van der Waals surface area contributed by atoms with Gasteiger partial charge in [0.1, 0.15) is 11.5 Å². The van der Waals surface area contributed by atoms with E-state index >= 15 is 0 Å². The molecule has 86 valence electrons. The number of aryl methyl sites for hydroxylation is 1. The summed E-state index contributed by atoms with van der Waals surface area (Å²) in [5.41, 5.74) is 0.873. The van der Waals surface area contributed by atoms with Gasteiger partial charge in [0.2, 0.25) is 0 Å². The maximum atomic E-state index is 5.70. The Balaban J connectivity index is 2.07. The molecular formula is C12H17N3O. The first-order valence-corrected chi connectivity index (χ1v) is 5.47. The lowest BCUT2D eigenvalue weighted by atomic mass is 10.3. The predicted octanol–water partition coefficient (Wildman–Crippen LogP) is 2.18. The summed E-state index contributed by atoms with van der Waals surface area (Å²) < 4.78 is 7.46. The normalized spacial score (nSPS) is 11.2. The van der Waals surface area contributed by atoms with Gasteiger partial charge in [-0.2, -0.15) is 5.10 Å². The molecule has 0 bridgehead atoms. The van der Waals surface area contributed by atoms with Crippen molar-refractivity contribution in [1.82, 2.24) is 15.1 Å². The Kier molecular flexibility index (Phi) is 3.10. The standard InChI is InChI=1S/C12H17N3O/c1-9(2)13-8-10-4-5-12(16-10)11-6-7-15(3)14-11/h4-7,9,13H,8H2,1-3H3. The van der Waals surface area contributed by atoms with E-state index in [9.17, 15) is 0 Å². The molecule has 0 amide bonds. The third kappa shape index (κ3) is 2.52. The number of nitrogens with zero attached hydrogens (tertiary/aromatic N) is 2. The van der Waals surface area contributed by atoms with Gasteiger partial charge in [0.25, 0.3) is 0 Å². The van der Waals surface area contributed by atoms with Crippen molar-refractivity contribution in [1.29, 1.82) is 0 Å². The van der Waals surface area contributed by atoms with Crippen LogP contribution in [0.5, 0.6) is 0 Å². The summed E-state index contributed by atoms with van der Waals surface area (Å²) in [7, 11) is 1.90. The second kappa shape index (κ2) is 4.53. The van der Waals surface area contributed by atoms with Crippen molar-refractivity contribution in [2.24, 2.45) is 7.05 Å². The fourth-order valence-electron chi connectivity index (χ4n) is 1.46. The molecule has 0 unspecified atom stereocenters. The molecule has 4 nitrogen and oxygen atoms in total. The monoisotopic (exact) mass is 219 g/mol. The average Bonchev–Trinajstić information content (AvgIpc) is 2.83. The molecular weight excluding hydrogens is 202 g/mol. The van der Waals surface area contributed by atoms with Crippen LogP contribution in [0.4, 0.5) is 0 Å². The van der Waals surface area contributed by atoms with E-state index in [1.165, 1.54) is 0 Å². The van der Waals surface area contributed by atoms with Gasteiger partial charge in [0.15, 0.2) is 5.76 Å². The first-order valence-electron chi connectivity index (χ1n) is 5.47. The molecule has 1 N–H and O–H groups in total. The van der Waals surface area contributed by atoms with E-state index in [-0.39, 0.29) is 0 Å². The fourth-order valence-corrected chi connectivity index (χ4v) is 1.46. The highest BCUT2D eigenvalue weighted by molar-refractivity contribution is 5.51. The zero-order valence-corrected chi connectivity index (χ0v) is 9.90. The first kappa shape index (κ1) is 11.0. The summed E-state index contributed by atoms with van der Waals surface area (Å²) in [4.78, 5) is 0.